The van der Waals surface area contributed by atoms with Crippen LogP contribution in [0.25, 0.3) is 42.7 Å². The van der Waals surface area contributed by atoms with E-state index in [1.807, 2.05) is 36.4 Å². The molecule has 0 spiro atoms. The van der Waals surface area contributed by atoms with Gasteiger partial charge < -0.3 is 0 Å². The zero-order valence-corrected chi connectivity index (χ0v) is 16.6. The molecular formula is C25H20NOS+. The van der Waals surface area contributed by atoms with E-state index >= 15 is 0 Å². The summed E-state index contributed by atoms with van der Waals surface area (Å²) in [5.74, 6) is 0.467. The molecule has 3 aromatic carbocycles. The summed E-state index contributed by atoms with van der Waals surface area (Å²) in [5, 5.41) is 1.74. The lowest BCUT2D eigenvalue weighted by atomic mass is 9.94. The average molecular weight is 383 g/mol. The SMILES string of the molecule is CC(C)c1ccc(-c2c3sc4ccccc4[nH+]c-3c3ccccc3c2=O)cc1. The Labute approximate surface area is 167 Å². The maximum Gasteiger partial charge on any atom is 0.230 e. The molecule has 0 bridgehead atoms. The van der Waals surface area contributed by atoms with Crippen molar-refractivity contribution in [1.29, 1.82) is 0 Å². The summed E-state index contributed by atoms with van der Waals surface area (Å²) in [7, 11) is 0. The molecular weight excluding hydrogens is 362 g/mol. The minimum absolute atomic E-state index is 0.0975. The second-order valence-corrected chi connectivity index (χ2v) is 8.51. The molecule has 2 aliphatic rings. The van der Waals surface area contributed by atoms with Crippen molar-refractivity contribution in [1.82, 2.24) is 0 Å². The molecule has 0 fully saturated rings. The van der Waals surface area contributed by atoms with Crippen LogP contribution in [0.2, 0.25) is 0 Å². The van der Waals surface area contributed by atoms with E-state index in [1.165, 1.54) is 5.56 Å². The number of H-pyrrole nitrogens is 1. The first-order valence-electron chi connectivity index (χ1n) is 9.53. The molecule has 0 saturated carbocycles. The summed E-state index contributed by atoms with van der Waals surface area (Å²) in [4.78, 5) is 18.1. The van der Waals surface area contributed by atoms with E-state index < -0.39 is 0 Å². The van der Waals surface area contributed by atoms with E-state index in [-0.39, 0.29) is 5.43 Å². The third-order valence-corrected chi connectivity index (χ3v) is 6.54. The maximum absolute atomic E-state index is 13.5. The number of nitrogens with one attached hydrogen (secondary N) is 1. The van der Waals surface area contributed by atoms with Crippen molar-refractivity contribution in [3.8, 4) is 21.7 Å². The second-order valence-electron chi connectivity index (χ2n) is 7.45. The number of hydrogen-bond donors (Lipinski definition) is 0. The molecule has 3 aromatic rings. The van der Waals surface area contributed by atoms with Crippen LogP contribution in [0.3, 0.4) is 0 Å². The highest BCUT2D eigenvalue weighted by Crippen LogP contribution is 2.39. The molecule has 0 saturated heterocycles. The molecule has 0 unspecified atom stereocenters. The van der Waals surface area contributed by atoms with E-state index in [4.69, 9.17) is 0 Å². The summed E-state index contributed by atoms with van der Waals surface area (Å²) in [5.41, 5.74) is 5.26. The number of benzene rings is 4. The highest BCUT2D eigenvalue weighted by atomic mass is 32.1. The monoisotopic (exact) mass is 382 g/mol. The molecule has 5 rings (SSSR count). The van der Waals surface area contributed by atoms with Crippen LogP contribution in [-0.2, 0) is 0 Å². The first-order chi connectivity index (χ1) is 13.6. The van der Waals surface area contributed by atoms with Crippen LogP contribution in [0, 0.1) is 0 Å². The number of rotatable bonds is 2. The standard InChI is InChI=1S/C25H19NOS/c1-15(2)16-11-13-17(14-12-16)22-24(27)19-8-4-3-7-18(19)23-25(22)28-21-10-6-5-9-20(21)26-23/h3-15H,1-2H3/p+1. The summed E-state index contributed by atoms with van der Waals surface area (Å²) in [6, 6.07) is 24.6. The molecule has 0 atom stereocenters. The van der Waals surface area contributed by atoms with Gasteiger partial charge in [-0.1, -0.05) is 68.4 Å². The zero-order chi connectivity index (χ0) is 19.3. The van der Waals surface area contributed by atoms with E-state index in [9.17, 15) is 4.79 Å². The number of aromatic amines is 1. The molecule has 1 N–H and O–H groups in total. The second kappa shape index (κ2) is 6.54. The highest BCUT2D eigenvalue weighted by Gasteiger charge is 2.25. The van der Waals surface area contributed by atoms with Gasteiger partial charge in [0.25, 0.3) is 0 Å². The van der Waals surface area contributed by atoms with Gasteiger partial charge in [0.2, 0.25) is 11.2 Å². The molecule has 1 heterocycles. The van der Waals surface area contributed by atoms with E-state index in [2.05, 4.69) is 55.2 Å². The fraction of sp³-hybridized carbons (Fsp3) is 0.120. The first-order valence-corrected chi connectivity index (χ1v) is 10.3. The molecule has 1 aliphatic carbocycles. The van der Waals surface area contributed by atoms with Crippen LogP contribution in [0.5, 0.6) is 0 Å². The number of fused-ring (bicyclic) bond motifs is 4. The largest absolute Gasteiger partial charge is 0.289 e. The van der Waals surface area contributed by atoms with Crippen molar-refractivity contribution in [2.45, 2.75) is 19.8 Å². The summed E-state index contributed by atoms with van der Waals surface area (Å²) >= 11 is 1.68. The predicted octanol–water partition coefficient (Wildman–Crippen LogP) is 6.12. The predicted molar refractivity (Wildman–Crippen MR) is 118 cm³/mol. The Kier molecular flexibility index (Phi) is 3.99. The van der Waals surface area contributed by atoms with Gasteiger partial charge in [-0.05, 0) is 29.2 Å². The van der Waals surface area contributed by atoms with Gasteiger partial charge in [0, 0.05) is 11.5 Å². The number of para-hydroxylation sites is 1. The van der Waals surface area contributed by atoms with Crippen molar-refractivity contribution in [3.05, 3.63) is 88.6 Å². The van der Waals surface area contributed by atoms with Gasteiger partial charge >= 0.3 is 0 Å². The normalized spacial score (nSPS) is 11.7. The van der Waals surface area contributed by atoms with Crippen molar-refractivity contribution >= 4 is 32.3 Å². The zero-order valence-electron chi connectivity index (χ0n) is 15.8. The fourth-order valence-corrected chi connectivity index (χ4v) is 4.98. The van der Waals surface area contributed by atoms with Crippen molar-refractivity contribution in [2.24, 2.45) is 0 Å². The van der Waals surface area contributed by atoms with Crippen LogP contribution < -0.4 is 10.4 Å². The Hall–Kier alpha value is -3.04. The summed E-state index contributed by atoms with van der Waals surface area (Å²) in [6.07, 6.45) is 0. The Morgan fingerprint density at radius 3 is 2.25 bits per heavy atom. The minimum Gasteiger partial charge on any atom is -0.289 e. The van der Waals surface area contributed by atoms with E-state index in [0.717, 1.165) is 42.7 Å². The minimum atomic E-state index is 0.0975. The van der Waals surface area contributed by atoms with E-state index in [0.29, 0.717) is 5.92 Å². The third kappa shape index (κ3) is 2.62. The number of aromatic nitrogens is 1. The van der Waals surface area contributed by atoms with Gasteiger partial charge in [-0.3, -0.25) is 4.79 Å². The van der Waals surface area contributed by atoms with Crippen LogP contribution in [0.1, 0.15) is 25.3 Å². The Bertz CT molecular complexity index is 1350. The molecule has 28 heavy (non-hydrogen) atoms. The summed E-state index contributed by atoms with van der Waals surface area (Å²) < 4.78 is 1.14. The van der Waals surface area contributed by atoms with Crippen LogP contribution in [0.15, 0.2) is 77.6 Å². The van der Waals surface area contributed by atoms with Gasteiger partial charge in [-0.15, -0.1) is 11.3 Å². The lowest BCUT2D eigenvalue weighted by Gasteiger charge is -2.12. The van der Waals surface area contributed by atoms with Crippen molar-refractivity contribution in [3.63, 3.8) is 0 Å². The molecule has 136 valence electrons. The van der Waals surface area contributed by atoms with Gasteiger partial charge in [-0.2, -0.15) is 0 Å². The summed E-state index contributed by atoms with van der Waals surface area (Å²) in [6.45, 7) is 4.37. The fourth-order valence-electron chi connectivity index (χ4n) is 3.81. The molecule has 1 aliphatic heterocycles. The maximum atomic E-state index is 13.5. The lowest BCUT2D eigenvalue weighted by molar-refractivity contribution is -0.328. The van der Waals surface area contributed by atoms with E-state index in [1.54, 1.807) is 11.3 Å². The molecule has 0 amide bonds. The van der Waals surface area contributed by atoms with Crippen LogP contribution in [-0.4, -0.2) is 0 Å². The van der Waals surface area contributed by atoms with Gasteiger partial charge in [0.15, 0.2) is 5.43 Å². The lowest BCUT2D eigenvalue weighted by Crippen LogP contribution is -2.16. The van der Waals surface area contributed by atoms with Gasteiger partial charge in [0.05, 0.1) is 15.6 Å². The Morgan fingerprint density at radius 1 is 0.821 bits per heavy atom. The third-order valence-electron chi connectivity index (χ3n) is 5.35. The average Bonchev–Trinajstić information content (AvgIpc) is 2.73. The number of hydrogen-bond acceptors (Lipinski definition) is 2. The highest BCUT2D eigenvalue weighted by molar-refractivity contribution is 7.21. The van der Waals surface area contributed by atoms with Gasteiger partial charge in [-0.25, -0.2) is 4.98 Å². The van der Waals surface area contributed by atoms with Crippen molar-refractivity contribution < 1.29 is 4.98 Å². The topological polar surface area (TPSA) is 31.2 Å². The Balaban J connectivity index is 1.92. The van der Waals surface area contributed by atoms with Crippen LogP contribution in [0.4, 0.5) is 0 Å². The van der Waals surface area contributed by atoms with Crippen molar-refractivity contribution in [2.75, 3.05) is 0 Å². The molecule has 0 radical (unpaired) electrons. The molecule has 0 aromatic heterocycles. The first kappa shape index (κ1) is 17.1. The van der Waals surface area contributed by atoms with Crippen LogP contribution >= 0.6 is 11.3 Å². The quantitative estimate of drug-likeness (QED) is 0.267. The molecule has 3 heteroatoms. The smallest absolute Gasteiger partial charge is 0.230 e. The van der Waals surface area contributed by atoms with Gasteiger partial charge in [0.1, 0.15) is 4.88 Å². The molecule has 2 nitrogen and oxygen atoms in total. The Morgan fingerprint density at radius 2 is 1.50 bits per heavy atom.